The number of rotatable bonds is 5. The third-order valence-corrected chi connectivity index (χ3v) is 3.51. The summed E-state index contributed by atoms with van der Waals surface area (Å²) in [6.07, 6.45) is 1.14. The number of ether oxygens (including phenoxy) is 1. The van der Waals surface area contributed by atoms with E-state index in [1.807, 2.05) is 0 Å². The van der Waals surface area contributed by atoms with Crippen molar-refractivity contribution >= 4 is 35.0 Å². The van der Waals surface area contributed by atoms with Crippen molar-refractivity contribution < 1.29 is 14.5 Å². The fraction of sp³-hybridized carbons (Fsp3) is 0.231. The van der Waals surface area contributed by atoms with E-state index in [2.05, 4.69) is 4.98 Å². The van der Waals surface area contributed by atoms with E-state index in [0.29, 0.717) is 15.6 Å². The summed E-state index contributed by atoms with van der Waals surface area (Å²) < 4.78 is 6.14. The second kappa shape index (κ2) is 6.76. The first-order valence-corrected chi connectivity index (χ1v) is 7.01. The zero-order valence-electron chi connectivity index (χ0n) is 11.5. The number of aromatic nitrogens is 2. The van der Waals surface area contributed by atoms with Crippen LogP contribution in [0.15, 0.2) is 24.4 Å². The smallest absolute Gasteiger partial charge is 0.401 e. The minimum Gasteiger partial charge on any atom is -0.458 e. The van der Waals surface area contributed by atoms with E-state index in [1.165, 1.54) is 4.57 Å². The predicted molar refractivity (Wildman–Crippen MR) is 80.4 cm³/mol. The second-order valence-electron chi connectivity index (χ2n) is 4.23. The summed E-state index contributed by atoms with van der Waals surface area (Å²) in [5.74, 6) is -1.38. The molecule has 0 aliphatic rings. The van der Waals surface area contributed by atoms with Gasteiger partial charge in [0.15, 0.2) is 0 Å². The Morgan fingerprint density at radius 3 is 2.59 bits per heavy atom. The normalized spacial score (nSPS) is 10.5. The van der Waals surface area contributed by atoms with Crippen LogP contribution in [0, 0.1) is 10.1 Å². The molecule has 0 spiro atoms. The Hall–Kier alpha value is -2.12. The van der Waals surface area contributed by atoms with Crippen LogP contribution in [-0.2, 0) is 11.3 Å². The Morgan fingerprint density at radius 2 is 2.05 bits per heavy atom. The summed E-state index contributed by atoms with van der Waals surface area (Å²) in [6, 6.07) is 4.95. The number of nitrogens with zero attached hydrogens (tertiary/aromatic N) is 3. The van der Waals surface area contributed by atoms with E-state index in [-0.39, 0.29) is 19.0 Å². The zero-order chi connectivity index (χ0) is 16.3. The molecule has 0 amide bonds. The Morgan fingerprint density at radius 1 is 1.41 bits per heavy atom. The van der Waals surface area contributed by atoms with Crippen LogP contribution in [0.2, 0.25) is 10.0 Å². The van der Waals surface area contributed by atoms with Crippen molar-refractivity contribution in [2.45, 2.75) is 13.5 Å². The molecule has 2 rings (SSSR count). The summed E-state index contributed by atoms with van der Waals surface area (Å²) in [7, 11) is 0. The van der Waals surface area contributed by atoms with Gasteiger partial charge in [-0.1, -0.05) is 29.3 Å². The maximum absolute atomic E-state index is 11.9. The fourth-order valence-corrected chi connectivity index (χ4v) is 2.34. The molecule has 0 aliphatic heterocycles. The molecule has 0 unspecified atom stereocenters. The zero-order valence-corrected chi connectivity index (χ0v) is 13.0. The van der Waals surface area contributed by atoms with Gasteiger partial charge < -0.3 is 14.9 Å². The number of benzene rings is 1. The molecule has 0 aliphatic carbocycles. The van der Waals surface area contributed by atoms with Crippen molar-refractivity contribution in [1.82, 2.24) is 9.55 Å². The van der Waals surface area contributed by atoms with Gasteiger partial charge >= 0.3 is 17.6 Å². The highest BCUT2D eigenvalue weighted by molar-refractivity contribution is 6.35. The number of hydrogen-bond acceptors (Lipinski definition) is 5. The first-order chi connectivity index (χ1) is 10.4. The number of hydrogen-bond donors (Lipinski definition) is 0. The van der Waals surface area contributed by atoms with E-state index in [1.54, 1.807) is 25.1 Å². The highest BCUT2D eigenvalue weighted by Gasteiger charge is 2.26. The number of carbonyl (C=O) groups is 1. The topological polar surface area (TPSA) is 87.3 Å². The molecule has 9 heteroatoms. The van der Waals surface area contributed by atoms with Crippen LogP contribution in [0.4, 0.5) is 5.82 Å². The summed E-state index contributed by atoms with van der Waals surface area (Å²) in [5, 5.41) is 11.6. The van der Waals surface area contributed by atoms with Gasteiger partial charge in [0, 0.05) is 15.6 Å². The lowest BCUT2D eigenvalue weighted by Crippen LogP contribution is -2.14. The van der Waals surface area contributed by atoms with E-state index in [9.17, 15) is 14.9 Å². The molecule has 1 aromatic carbocycles. The fourth-order valence-electron chi connectivity index (χ4n) is 1.82. The summed E-state index contributed by atoms with van der Waals surface area (Å²) >= 11 is 12.1. The number of halogens is 2. The lowest BCUT2D eigenvalue weighted by Gasteiger charge is -2.08. The van der Waals surface area contributed by atoms with Crippen LogP contribution < -0.4 is 0 Å². The van der Waals surface area contributed by atoms with Crippen molar-refractivity contribution in [3.63, 3.8) is 0 Å². The maximum Gasteiger partial charge on any atom is 0.401 e. The number of carbonyl (C=O) groups excluding carboxylic acids is 1. The van der Waals surface area contributed by atoms with E-state index >= 15 is 0 Å². The average molecular weight is 344 g/mol. The third kappa shape index (κ3) is 3.37. The molecule has 116 valence electrons. The summed E-state index contributed by atoms with van der Waals surface area (Å²) in [5.41, 5.74) is 0.531. The van der Waals surface area contributed by atoms with Crippen LogP contribution in [0.3, 0.4) is 0 Å². The molecule has 7 nitrogen and oxygen atoms in total. The molecule has 0 saturated heterocycles. The monoisotopic (exact) mass is 343 g/mol. The van der Waals surface area contributed by atoms with Gasteiger partial charge in [0.1, 0.15) is 6.20 Å². The Balaban J connectivity index is 2.45. The van der Waals surface area contributed by atoms with Gasteiger partial charge in [0.05, 0.1) is 13.2 Å². The molecule has 0 saturated carbocycles. The highest BCUT2D eigenvalue weighted by atomic mass is 35.5. The largest absolute Gasteiger partial charge is 0.458 e. The lowest BCUT2D eigenvalue weighted by atomic mass is 10.2. The van der Waals surface area contributed by atoms with E-state index in [0.717, 1.165) is 6.20 Å². The van der Waals surface area contributed by atoms with Gasteiger partial charge in [-0.15, -0.1) is 0 Å². The molecule has 1 heterocycles. The molecule has 2 aromatic rings. The maximum atomic E-state index is 11.9. The van der Waals surface area contributed by atoms with Crippen LogP contribution in [-0.4, -0.2) is 27.1 Å². The molecular weight excluding hydrogens is 333 g/mol. The number of imidazole rings is 1. The average Bonchev–Trinajstić information content (AvgIpc) is 2.87. The molecule has 0 fully saturated rings. The van der Waals surface area contributed by atoms with Gasteiger partial charge in [0.25, 0.3) is 0 Å². The molecule has 0 bridgehead atoms. The quantitative estimate of drug-likeness (QED) is 0.472. The molecule has 22 heavy (non-hydrogen) atoms. The number of nitro groups is 1. The first-order valence-electron chi connectivity index (χ1n) is 6.25. The number of esters is 1. The van der Waals surface area contributed by atoms with Crippen molar-refractivity contribution in [2.24, 2.45) is 0 Å². The highest BCUT2D eigenvalue weighted by Crippen LogP contribution is 2.26. The van der Waals surface area contributed by atoms with E-state index in [4.69, 9.17) is 27.9 Å². The molecular formula is C13H11Cl2N3O4. The minimum atomic E-state index is -0.751. The Kier molecular flexibility index (Phi) is 4.99. The second-order valence-corrected chi connectivity index (χ2v) is 5.04. The van der Waals surface area contributed by atoms with Crippen molar-refractivity contribution in [2.75, 3.05) is 6.61 Å². The van der Waals surface area contributed by atoms with Crippen molar-refractivity contribution in [3.8, 4) is 0 Å². The van der Waals surface area contributed by atoms with Gasteiger partial charge in [-0.2, -0.15) is 0 Å². The van der Waals surface area contributed by atoms with Gasteiger partial charge in [0.2, 0.25) is 0 Å². The Labute approximate surface area is 135 Å². The van der Waals surface area contributed by atoms with E-state index < -0.39 is 16.7 Å². The standard InChI is InChI=1S/C13H11Cl2N3O4/c1-2-22-13(19)12-16-11(18(20)21)7-17(12)6-8-9(14)4-3-5-10(8)15/h3-5,7H,2,6H2,1H3. The first kappa shape index (κ1) is 16.3. The van der Waals surface area contributed by atoms with Crippen LogP contribution in [0.25, 0.3) is 0 Å². The van der Waals surface area contributed by atoms with Crippen LogP contribution in [0.5, 0.6) is 0 Å². The lowest BCUT2D eigenvalue weighted by molar-refractivity contribution is -0.389. The summed E-state index contributed by atoms with van der Waals surface area (Å²) in [4.78, 5) is 25.7. The SMILES string of the molecule is CCOC(=O)c1nc([N+](=O)[O-])cn1Cc1c(Cl)cccc1Cl. The van der Waals surface area contributed by atoms with Gasteiger partial charge in [-0.3, -0.25) is 4.57 Å². The van der Waals surface area contributed by atoms with Crippen molar-refractivity contribution in [1.29, 1.82) is 0 Å². The predicted octanol–water partition coefficient (Wildman–Crippen LogP) is 3.32. The summed E-state index contributed by atoms with van der Waals surface area (Å²) in [6.45, 7) is 1.82. The third-order valence-electron chi connectivity index (χ3n) is 2.80. The molecule has 0 atom stereocenters. The molecule has 0 radical (unpaired) electrons. The van der Waals surface area contributed by atoms with Crippen LogP contribution in [0.1, 0.15) is 23.1 Å². The Bertz CT molecular complexity index is 710. The van der Waals surface area contributed by atoms with Crippen LogP contribution >= 0.6 is 23.2 Å². The minimum absolute atomic E-state index is 0.0630. The van der Waals surface area contributed by atoms with Gasteiger partial charge in [-0.25, -0.2) is 4.79 Å². The molecule has 1 aromatic heterocycles. The van der Waals surface area contributed by atoms with Gasteiger partial charge in [-0.05, 0) is 29.0 Å². The van der Waals surface area contributed by atoms with Crippen molar-refractivity contribution in [3.05, 3.63) is 55.9 Å². The molecule has 0 N–H and O–H groups in total.